The van der Waals surface area contributed by atoms with Gasteiger partial charge >= 0.3 is 14.5 Å². The van der Waals surface area contributed by atoms with Crippen molar-refractivity contribution >= 4 is 25.4 Å². The van der Waals surface area contributed by atoms with Crippen LogP contribution in [-0.2, 0) is 6.54 Å². The molecule has 0 amide bonds. The van der Waals surface area contributed by atoms with Gasteiger partial charge in [0.1, 0.15) is 11.3 Å². The highest BCUT2D eigenvalue weighted by Gasteiger charge is 2.32. The van der Waals surface area contributed by atoms with Crippen LogP contribution in [0.2, 0.25) is 11.6 Å². The smallest absolute Gasteiger partial charge is 0.540 e. The van der Waals surface area contributed by atoms with Crippen LogP contribution in [0.5, 0.6) is 5.75 Å². The van der Waals surface area contributed by atoms with Crippen LogP contribution in [0, 0.1) is 35.5 Å². The van der Waals surface area contributed by atoms with Crippen LogP contribution in [0.3, 0.4) is 0 Å². The lowest BCUT2D eigenvalue weighted by molar-refractivity contribution is 0.401. The van der Waals surface area contributed by atoms with Gasteiger partial charge < -0.3 is 9.11 Å². The predicted molar refractivity (Wildman–Crippen MR) is 210 cm³/mol. The summed E-state index contributed by atoms with van der Waals surface area (Å²) in [5.41, 5.74) is 5.99. The van der Waals surface area contributed by atoms with Crippen molar-refractivity contribution < 1.29 is 3.79 Å². The molecule has 2 saturated carbocycles. The van der Waals surface area contributed by atoms with Crippen LogP contribution in [0.15, 0.2) is 73.7 Å². The van der Waals surface area contributed by atoms with Crippen LogP contribution in [-0.4, -0.2) is 26.0 Å². The summed E-state index contributed by atoms with van der Waals surface area (Å²) < 4.78 is 6.13. The summed E-state index contributed by atoms with van der Waals surface area (Å²) >= 11 is -1.17. The topological polar surface area (TPSA) is 34.1 Å². The molecule has 1 aromatic heterocycles. The molecule has 2 aliphatic rings. The van der Waals surface area contributed by atoms with E-state index in [1.165, 1.54) is 120 Å². The summed E-state index contributed by atoms with van der Waals surface area (Å²) in [5, 5.41) is 4.89. The molecule has 4 heteroatoms. The fourth-order valence-electron chi connectivity index (χ4n) is 8.55. The molecule has 1 aromatic carbocycles. The number of hydrogen-bond acceptors (Lipinski definition) is 3. The molecular formula is C44H67AlN2O. The molecule has 0 spiro atoms. The average Bonchev–Trinajstić information content (AvgIpc) is 3.68. The number of aromatic nitrogens is 1. The number of nitrogens with one attached hydrogen (secondary N) is 1. The summed E-state index contributed by atoms with van der Waals surface area (Å²) in [6.07, 6.45) is 34.1. The number of rotatable bonds is 23. The monoisotopic (exact) mass is 667 g/mol. The lowest BCUT2D eigenvalue weighted by Crippen LogP contribution is -2.15. The lowest BCUT2D eigenvalue weighted by atomic mass is 9.90. The summed E-state index contributed by atoms with van der Waals surface area (Å²) in [4.78, 5) is 4.63. The Kier molecular flexibility index (Phi) is 17.7. The third-order valence-corrected chi connectivity index (χ3v) is 11.9. The Hall–Kier alpha value is -2.08. The fraction of sp³-hybridized carbons (Fsp3) is 0.636. The number of fused-ring (bicyclic) bond motifs is 1. The molecule has 2 aliphatic carbocycles. The zero-order valence-corrected chi connectivity index (χ0v) is 32.1. The summed E-state index contributed by atoms with van der Waals surface area (Å²) in [7, 11) is 0. The van der Waals surface area contributed by atoms with Crippen molar-refractivity contribution in [2.24, 2.45) is 35.5 Å². The van der Waals surface area contributed by atoms with Gasteiger partial charge in [0.05, 0.1) is 0 Å². The maximum atomic E-state index is 6.13. The number of hydrogen-bond donors (Lipinski definition) is 1. The molecule has 0 bridgehead atoms. The van der Waals surface area contributed by atoms with E-state index in [4.69, 9.17) is 3.79 Å². The first-order valence-electron chi connectivity index (χ1n) is 19.9. The van der Waals surface area contributed by atoms with Crippen LogP contribution < -0.4 is 9.11 Å². The first-order chi connectivity index (χ1) is 23.5. The van der Waals surface area contributed by atoms with E-state index in [2.05, 4.69) is 90.2 Å². The molecule has 4 rings (SSSR count). The van der Waals surface area contributed by atoms with Crippen molar-refractivity contribution in [3.63, 3.8) is 0 Å². The number of allylic oxidation sites excluding steroid dienone is 3. The van der Waals surface area contributed by atoms with Gasteiger partial charge in [-0.1, -0.05) is 107 Å². The average molecular weight is 667 g/mol. The second-order valence-electron chi connectivity index (χ2n) is 15.4. The van der Waals surface area contributed by atoms with Gasteiger partial charge in [-0.25, -0.2) is 0 Å². The highest BCUT2D eigenvalue weighted by molar-refractivity contribution is 6.49. The van der Waals surface area contributed by atoms with Gasteiger partial charge in [0.15, 0.2) is 0 Å². The largest absolute Gasteiger partial charge is 0.641 e. The molecule has 0 saturated heterocycles. The molecule has 0 radical (unpaired) electrons. The van der Waals surface area contributed by atoms with Gasteiger partial charge in [-0.3, -0.25) is 4.98 Å². The van der Waals surface area contributed by atoms with E-state index in [9.17, 15) is 0 Å². The number of unbranched alkanes of at least 4 members (excludes halogenated alkanes) is 9. The van der Waals surface area contributed by atoms with Crippen molar-refractivity contribution in [1.29, 1.82) is 0 Å². The Bertz CT molecular complexity index is 1300. The van der Waals surface area contributed by atoms with E-state index >= 15 is 0 Å². The summed E-state index contributed by atoms with van der Waals surface area (Å²) in [5.74, 6) is 9.67. The third-order valence-electron chi connectivity index (χ3n) is 11.2. The Morgan fingerprint density at radius 2 is 1.42 bits per heavy atom. The van der Waals surface area contributed by atoms with Gasteiger partial charge in [0.2, 0.25) is 0 Å². The third kappa shape index (κ3) is 12.7. The SMILES string of the molecule is C=CC1CC(C=C=CC2CC(C=C)C(CCCCCCNCc3ccc([O][Al]([CH3])[CH3])c4ncccc34)C2)CC1CCCCCCCCC. The van der Waals surface area contributed by atoms with Gasteiger partial charge in [-0.2, -0.15) is 0 Å². The molecule has 48 heavy (non-hydrogen) atoms. The van der Waals surface area contributed by atoms with Crippen LogP contribution in [0.4, 0.5) is 0 Å². The minimum Gasteiger partial charge on any atom is -0.641 e. The molecule has 6 unspecified atom stereocenters. The molecule has 2 fully saturated rings. The van der Waals surface area contributed by atoms with Crippen molar-refractivity contribution in [1.82, 2.24) is 10.3 Å². The molecule has 6 atom stereocenters. The maximum absolute atomic E-state index is 6.13. The van der Waals surface area contributed by atoms with E-state index in [1.54, 1.807) is 0 Å². The Labute approximate surface area is 299 Å². The summed E-state index contributed by atoms with van der Waals surface area (Å²) in [6, 6.07) is 8.52. The summed E-state index contributed by atoms with van der Waals surface area (Å²) in [6.45, 7) is 12.6. The molecule has 0 aliphatic heterocycles. The van der Waals surface area contributed by atoms with Crippen LogP contribution in [0.25, 0.3) is 10.9 Å². The van der Waals surface area contributed by atoms with Gasteiger partial charge in [-0.05, 0) is 117 Å². The predicted octanol–water partition coefficient (Wildman–Crippen LogP) is 12.4. The first-order valence-corrected chi connectivity index (χ1v) is 22.7. The van der Waals surface area contributed by atoms with Crippen molar-refractivity contribution in [3.8, 4) is 5.75 Å². The van der Waals surface area contributed by atoms with Crippen molar-refractivity contribution in [3.05, 3.63) is 79.2 Å². The zero-order chi connectivity index (χ0) is 34.0. The Balaban J connectivity index is 1.10. The molecule has 3 nitrogen and oxygen atoms in total. The van der Waals surface area contributed by atoms with Crippen LogP contribution in [0.1, 0.15) is 122 Å². The van der Waals surface area contributed by atoms with Gasteiger partial charge in [0.25, 0.3) is 0 Å². The number of nitrogens with zero attached hydrogens (tertiary/aromatic N) is 1. The lowest BCUT2D eigenvalue weighted by Gasteiger charge is -2.15. The van der Waals surface area contributed by atoms with Crippen molar-refractivity contribution in [2.45, 2.75) is 134 Å². The maximum Gasteiger partial charge on any atom is 0.540 e. The number of pyridine rings is 1. The van der Waals surface area contributed by atoms with Crippen LogP contribution >= 0.6 is 0 Å². The second kappa shape index (κ2) is 21.9. The normalized spacial score (nSPS) is 23.6. The van der Waals surface area contributed by atoms with E-state index in [0.29, 0.717) is 23.7 Å². The Morgan fingerprint density at radius 3 is 2.02 bits per heavy atom. The highest BCUT2D eigenvalue weighted by atomic mass is 27.2. The van der Waals surface area contributed by atoms with Gasteiger partial charge in [-0.15, -0.1) is 18.9 Å². The number of benzene rings is 1. The fourth-order valence-corrected chi connectivity index (χ4v) is 9.25. The minimum atomic E-state index is -1.17. The molecular weight excluding hydrogens is 599 g/mol. The molecule has 1 N–H and O–H groups in total. The van der Waals surface area contributed by atoms with E-state index in [-0.39, 0.29) is 0 Å². The molecule has 1 heterocycles. The quantitative estimate of drug-likeness (QED) is 0.0555. The Morgan fingerprint density at radius 1 is 0.812 bits per heavy atom. The minimum absolute atomic E-state index is 0.665. The zero-order valence-electron chi connectivity index (χ0n) is 30.9. The first kappa shape index (κ1) is 38.7. The highest BCUT2D eigenvalue weighted by Crippen LogP contribution is 2.42. The standard InChI is InChI=1S/C42H62N2O.2CH3.Al/c1-4-7-8-9-10-11-14-21-37-30-33(28-35(37)5-2)19-17-20-34-29-36(6-3)38(31-34)22-15-12-13-16-26-43-32-39-24-25-41(45)42-40(39)23-18-27-44-42;;;/h5-6,18-20,23-25,27,33-38,43,45H,2-4,7-16,21-22,26,28-32H2,1H3;2*1H3;/q;;;+1/p-1. The molecule has 262 valence electrons. The van der Waals surface area contributed by atoms with Gasteiger partial charge in [0, 0.05) is 18.1 Å². The van der Waals surface area contributed by atoms with E-state index < -0.39 is 14.5 Å². The van der Waals surface area contributed by atoms with E-state index in [0.717, 1.165) is 36.2 Å². The van der Waals surface area contributed by atoms with E-state index in [1.807, 2.05) is 12.3 Å². The molecule has 2 aromatic rings. The van der Waals surface area contributed by atoms with Crippen molar-refractivity contribution in [2.75, 3.05) is 6.54 Å². The second-order valence-corrected chi connectivity index (χ2v) is 17.7.